The molecule has 3 aromatic carbocycles. The maximum Gasteiger partial charge on any atom is 0.573 e. The van der Waals surface area contributed by atoms with Gasteiger partial charge in [-0.15, -0.1) is 13.2 Å². The third-order valence-corrected chi connectivity index (χ3v) is 6.17. The van der Waals surface area contributed by atoms with Gasteiger partial charge in [-0.1, -0.05) is 47.5 Å². The minimum Gasteiger partial charge on any atom is -0.406 e. The molecule has 178 valence electrons. The average molecular weight is 470 g/mol. The zero-order valence-electron chi connectivity index (χ0n) is 19.2. The zero-order valence-corrected chi connectivity index (χ0v) is 19.2. The number of rotatable bonds is 4. The average Bonchev–Trinajstić information content (AvgIpc) is 2.91. The molecule has 0 saturated carbocycles. The van der Waals surface area contributed by atoms with Crippen LogP contribution in [0.4, 0.5) is 29.3 Å². The molecule has 1 unspecified atom stereocenters. The molecule has 5 nitrogen and oxygen atoms in total. The molecule has 1 saturated heterocycles. The molecule has 1 aliphatic heterocycles. The van der Waals surface area contributed by atoms with Crippen molar-refractivity contribution in [3.63, 3.8) is 0 Å². The van der Waals surface area contributed by atoms with Crippen LogP contribution in [-0.4, -0.2) is 23.0 Å². The van der Waals surface area contributed by atoms with E-state index in [2.05, 4.69) is 4.74 Å². The smallest absolute Gasteiger partial charge is 0.406 e. The van der Waals surface area contributed by atoms with E-state index in [1.807, 2.05) is 26.0 Å². The fraction of sp³-hybridized carbons (Fsp3) is 0.269. The molecular formula is C26H25F3N2O3. The van der Waals surface area contributed by atoms with Crippen molar-refractivity contribution in [1.82, 2.24) is 0 Å². The minimum absolute atomic E-state index is 0.0859. The van der Waals surface area contributed by atoms with Crippen molar-refractivity contribution < 1.29 is 27.8 Å². The molecule has 0 aromatic heterocycles. The number of carbonyl (C=O) groups is 1. The highest BCUT2D eigenvalue weighted by Crippen LogP contribution is 2.51. The van der Waals surface area contributed by atoms with Crippen molar-refractivity contribution in [2.24, 2.45) is 0 Å². The third kappa shape index (κ3) is 3.88. The number of aryl methyl sites for hydroxylation is 2. The van der Waals surface area contributed by atoms with E-state index in [9.17, 15) is 23.1 Å². The predicted octanol–water partition coefficient (Wildman–Crippen LogP) is 6.27. The largest absolute Gasteiger partial charge is 0.573 e. The van der Waals surface area contributed by atoms with Crippen LogP contribution in [0.5, 0.6) is 5.75 Å². The molecule has 0 spiro atoms. The van der Waals surface area contributed by atoms with Crippen molar-refractivity contribution in [3.05, 3.63) is 89.5 Å². The zero-order chi connectivity index (χ0) is 24.9. The molecule has 1 heterocycles. The minimum atomic E-state index is -4.90. The van der Waals surface area contributed by atoms with Crippen LogP contribution in [0.25, 0.3) is 0 Å². The van der Waals surface area contributed by atoms with Crippen molar-refractivity contribution in [2.45, 2.75) is 45.3 Å². The molecule has 3 aromatic rings. The van der Waals surface area contributed by atoms with Gasteiger partial charge in [0.1, 0.15) is 5.75 Å². The van der Waals surface area contributed by atoms with Crippen LogP contribution in [-0.2, 0) is 5.72 Å². The Morgan fingerprint density at radius 2 is 1.32 bits per heavy atom. The molecule has 4 rings (SSSR count). The Hall–Kier alpha value is -3.52. The standard InChI is InChI=1S/C26H25F3N2O3/c1-17-8-12-20(13-9-17)30-23(32)31(21-14-10-18(2)11-15-21)25(33,24(30,3)4)19-6-5-7-22(16-19)34-26(27,28)29/h5-16,33H,1-4H3. The lowest BCUT2D eigenvalue weighted by Gasteiger charge is -2.42. The van der Waals surface area contributed by atoms with E-state index in [0.29, 0.717) is 11.4 Å². The molecular weight excluding hydrogens is 445 g/mol. The number of carbonyl (C=O) groups excluding carboxylic acids is 1. The number of aliphatic hydroxyl groups is 1. The van der Waals surface area contributed by atoms with Gasteiger partial charge < -0.3 is 9.84 Å². The summed E-state index contributed by atoms with van der Waals surface area (Å²) in [5.41, 5.74) is -0.330. The van der Waals surface area contributed by atoms with Crippen LogP contribution in [0.3, 0.4) is 0 Å². The highest BCUT2D eigenvalue weighted by molar-refractivity contribution is 6.09. The molecule has 1 atom stereocenters. The number of halogens is 3. The summed E-state index contributed by atoms with van der Waals surface area (Å²) in [5.74, 6) is -0.487. The lowest BCUT2D eigenvalue weighted by Crippen LogP contribution is -2.56. The van der Waals surface area contributed by atoms with Crippen LogP contribution in [0.2, 0.25) is 0 Å². The first-order valence-corrected chi connectivity index (χ1v) is 10.7. The Bertz CT molecular complexity index is 1210. The van der Waals surface area contributed by atoms with Crippen LogP contribution in [0, 0.1) is 13.8 Å². The number of benzene rings is 3. The van der Waals surface area contributed by atoms with E-state index in [1.54, 1.807) is 50.2 Å². The van der Waals surface area contributed by atoms with Crippen molar-refractivity contribution in [1.29, 1.82) is 0 Å². The molecule has 0 aliphatic carbocycles. The second-order valence-corrected chi connectivity index (χ2v) is 8.93. The quantitative estimate of drug-likeness (QED) is 0.489. The Labute approximate surface area is 196 Å². The fourth-order valence-corrected chi connectivity index (χ4v) is 4.42. The number of urea groups is 1. The highest BCUT2D eigenvalue weighted by Gasteiger charge is 2.64. The first kappa shape index (κ1) is 23.6. The maximum atomic E-state index is 13.9. The SMILES string of the molecule is Cc1ccc(N2C(=O)N(c3ccc(C)cc3)C(O)(c3cccc(OC(F)(F)F)c3)C2(C)C)cc1. The van der Waals surface area contributed by atoms with Crippen molar-refractivity contribution >= 4 is 17.4 Å². The lowest BCUT2D eigenvalue weighted by molar-refractivity contribution is -0.274. The van der Waals surface area contributed by atoms with E-state index in [1.165, 1.54) is 21.9 Å². The third-order valence-electron chi connectivity index (χ3n) is 6.17. The summed E-state index contributed by atoms with van der Waals surface area (Å²) in [7, 11) is 0. The second kappa shape index (κ2) is 8.06. The van der Waals surface area contributed by atoms with Crippen molar-refractivity contribution in [2.75, 3.05) is 9.80 Å². The van der Waals surface area contributed by atoms with Crippen LogP contribution in [0.15, 0.2) is 72.8 Å². The van der Waals surface area contributed by atoms with E-state index >= 15 is 0 Å². The lowest BCUT2D eigenvalue weighted by atomic mass is 9.83. The summed E-state index contributed by atoms with van der Waals surface area (Å²) < 4.78 is 42.8. The van der Waals surface area contributed by atoms with E-state index < -0.39 is 29.4 Å². The normalized spacial score (nSPS) is 20.1. The Morgan fingerprint density at radius 1 is 0.824 bits per heavy atom. The van der Waals surface area contributed by atoms with Crippen LogP contribution in [0.1, 0.15) is 30.5 Å². The predicted molar refractivity (Wildman–Crippen MR) is 124 cm³/mol. The monoisotopic (exact) mass is 470 g/mol. The summed E-state index contributed by atoms with van der Waals surface area (Å²) in [4.78, 5) is 16.6. The number of alkyl halides is 3. The van der Waals surface area contributed by atoms with E-state index in [0.717, 1.165) is 23.3 Å². The van der Waals surface area contributed by atoms with Gasteiger partial charge in [0.15, 0.2) is 5.72 Å². The number of anilines is 2. The first-order valence-electron chi connectivity index (χ1n) is 10.7. The van der Waals surface area contributed by atoms with Gasteiger partial charge in [-0.3, -0.25) is 9.80 Å². The number of hydrogen-bond donors (Lipinski definition) is 1. The summed E-state index contributed by atoms with van der Waals surface area (Å²) in [6, 6.07) is 18.8. The number of amides is 2. The maximum absolute atomic E-state index is 13.9. The Balaban J connectivity index is 1.93. The van der Waals surface area contributed by atoms with Gasteiger partial charge in [0.2, 0.25) is 0 Å². The Kier molecular flexibility index (Phi) is 5.60. The Morgan fingerprint density at radius 3 is 1.82 bits per heavy atom. The van der Waals surface area contributed by atoms with Gasteiger partial charge in [0.25, 0.3) is 0 Å². The van der Waals surface area contributed by atoms with E-state index in [-0.39, 0.29) is 5.56 Å². The van der Waals surface area contributed by atoms with Crippen LogP contribution >= 0.6 is 0 Å². The molecule has 1 N–H and O–H groups in total. The van der Waals surface area contributed by atoms with Gasteiger partial charge in [0.05, 0.1) is 5.54 Å². The molecule has 34 heavy (non-hydrogen) atoms. The van der Waals surface area contributed by atoms with Gasteiger partial charge >= 0.3 is 12.4 Å². The molecule has 0 bridgehead atoms. The number of hydrogen-bond acceptors (Lipinski definition) is 3. The fourth-order valence-electron chi connectivity index (χ4n) is 4.42. The topological polar surface area (TPSA) is 53.0 Å². The molecule has 0 radical (unpaired) electrons. The summed E-state index contributed by atoms with van der Waals surface area (Å²) in [6.45, 7) is 7.16. The van der Waals surface area contributed by atoms with Crippen molar-refractivity contribution in [3.8, 4) is 5.75 Å². The van der Waals surface area contributed by atoms with Gasteiger partial charge in [-0.25, -0.2) is 4.79 Å². The number of ether oxygens (including phenoxy) is 1. The molecule has 8 heteroatoms. The van der Waals surface area contributed by atoms with Gasteiger partial charge in [0, 0.05) is 16.9 Å². The van der Waals surface area contributed by atoms with Gasteiger partial charge in [-0.2, -0.15) is 0 Å². The summed E-state index contributed by atoms with van der Waals surface area (Å²) in [6.07, 6.45) is -4.90. The molecule has 2 amide bonds. The van der Waals surface area contributed by atoms with Crippen LogP contribution < -0.4 is 14.5 Å². The highest BCUT2D eigenvalue weighted by atomic mass is 19.4. The number of nitrogens with zero attached hydrogens (tertiary/aromatic N) is 2. The molecule has 1 fully saturated rings. The van der Waals surface area contributed by atoms with Gasteiger partial charge in [-0.05, 0) is 64.1 Å². The molecule has 1 aliphatic rings. The second-order valence-electron chi connectivity index (χ2n) is 8.93. The summed E-state index contributed by atoms with van der Waals surface area (Å²) in [5, 5.41) is 12.3. The van der Waals surface area contributed by atoms with E-state index in [4.69, 9.17) is 0 Å². The summed E-state index contributed by atoms with van der Waals surface area (Å²) >= 11 is 0. The first-order chi connectivity index (χ1) is 15.8.